The summed E-state index contributed by atoms with van der Waals surface area (Å²) in [5, 5.41) is 20.2. The maximum atomic E-state index is 15.1. The predicted octanol–water partition coefficient (Wildman–Crippen LogP) is 7.30. The Morgan fingerprint density at radius 3 is 2.55 bits per heavy atom. The number of carbonyl (C=O) groups is 1. The number of halogens is 1. The standard InChI is InChI=1S/C43H55FN10O2/c1-28-11-9-10-21-52(28)42-48-47-39-19-15-32(27-53(39)42)56-37-18-17-36(33-12-7-8-13-34(33)37)45-41(55)46-40-24-38(43(2,3)4)49-54(40)30-14-16-35(44)29(23-30)20-22-51-25-31(26-51)50(5)6/h7-8,12-16,19,23-24,27-28,31,36-37H,9-11,17-18,20-22,25-26H2,1-6H3,(H2,45,46,55)/t28?,36-,37+/m0/s1. The third-order valence-electron chi connectivity index (χ3n) is 11.8. The van der Waals surface area contributed by atoms with Gasteiger partial charge in [-0.05, 0) is 107 Å². The molecule has 56 heavy (non-hydrogen) atoms. The van der Waals surface area contributed by atoms with Crippen LogP contribution < -0.4 is 20.3 Å². The molecule has 2 aliphatic heterocycles. The molecule has 3 aliphatic rings. The Labute approximate surface area is 329 Å². The number of piperidine rings is 1. The van der Waals surface area contributed by atoms with Gasteiger partial charge in [0.25, 0.3) is 0 Å². The number of likely N-dealkylation sites (N-methyl/N-ethyl adjacent to an activating group) is 1. The number of nitrogens with zero attached hydrogens (tertiary/aromatic N) is 8. The zero-order chi connectivity index (χ0) is 39.1. The van der Waals surface area contributed by atoms with Crippen molar-refractivity contribution in [3.63, 3.8) is 0 Å². The molecule has 0 spiro atoms. The van der Waals surface area contributed by atoms with Gasteiger partial charge in [0.2, 0.25) is 5.95 Å². The minimum atomic E-state index is -0.334. The summed E-state index contributed by atoms with van der Waals surface area (Å²) in [6.07, 6.45) is 7.35. The van der Waals surface area contributed by atoms with Crippen LogP contribution in [0.15, 0.2) is 66.9 Å². The van der Waals surface area contributed by atoms with Crippen LogP contribution in [0.4, 0.5) is 21.0 Å². The Hall–Kier alpha value is -5.01. The van der Waals surface area contributed by atoms with Crippen LogP contribution in [0.2, 0.25) is 0 Å². The van der Waals surface area contributed by atoms with Crippen molar-refractivity contribution in [1.82, 2.24) is 39.5 Å². The summed E-state index contributed by atoms with van der Waals surface area (Å²) in [5.41, 5.74) is 4.75. The van der Waals surface area contributed by atoms with Gasteiger partial charge in [0.05, 0.1) is 23.6 Å². The van der Waals surface area contributed by atoms with Gasteiger partial charge in [0.15, 0.2) is 5.65 Å². The molecule has 0 radical (unpaired) electrons. The van der Waals surface area contributed by atoms with Crippen molar-refractivity contribution in [2.75, 3.05) is 50.5 Å². The molecule has 2 amide bonds. The van der Waals surface area contributed by atoms with Gasteiger partial charge in [-0.2, -0.15) is 5.10 Å². The molecule has 8 rings (SSSR count). The zero-order valence-electron chi connectivity index (χ0n) is 33.5. The van der Waals surface area contributed by atoms with Crippen molar-refractivity contribution in [3.8, 4) is 11.4 Å². The third-order valence-corrected chi connectivity index (χ3v) is 11.8. The van der Waals surface area contributed by atoms with Crippen LogP contribution in [0, 0.1) is 5.82 Å². The molecule has 2 saturated heterocycles. The van der Waals surface area contributed by atoms with E-state index in [4.69, 9.17) is 9.84 Å². The number of rotatable bonds is 10. The van der Waals surface area contributed by atoms with E-state index in [0.29, 0.717) is 42.0 Å². The Morgan fingerprint density at radius 1 is 0.982 bits per heavy atom. The highest BCUT2D eigenvalue weighted by molar-refractivity contribution is 5.89. The summed E-state index contributed by atoms with van der Waals surface area (Å²) in [7, 11) is 4.19. The third kappa shape index (κ3) is 7.84. The van der Waals surface area contributed by atoms with Crippen LogP contribution >= 0.6 is 0 Å². The van der Waals surface area contributed by atoms with E-state index < -0.39 is 0 Å². The Bertz CT molecular complexity index is 2180. The molecule has 5 aromatic rings. The lowest BCUT2D eigenvalue weighted by molar-refractivity contribution is 0.0647. The van der Waals surface area contributed by atoms with Gasteiger partial charge in [0.1, 0.15) is 23.5 Å². The maximum Gasteiger partial charge on any atom is 0.320 e. The van der Waals surface area contributed by atoms with E-state index in [1.165, 1.54) is 12.5 Å². The van der Waals surface area contributed by atoms with E-state index in [2.05, 4.69) is 89.5 Å². The molecule has 2 aromatic carbocycles. The number of hydrogen-bond acceptors (Lipinski definition) is 8. The monoisotopic (exact) mass is 762 g/mol. The second kappa shape index (κ2) is 15.5. The fraction of sp³-hybridized carbons (Fsp3) is 0.488. The number of carbonyl (C=O) groups excluding carboxylic acids is 1. The highest BCUT2D eigenvalue weighted by Gasteiger charge is 2.31. The van der Waals surface area contributed by atoms with Crippen molar-refractivity contribution in [2.24, 2.45) is 0 Å². The smallest absolute Gasteiger partial charge is 0.320 e. The number of amides is 2. The first-order valence-corrected chi connectivity index (χ1v) is 20.1. The maximum absolute atomic E-state index is 15.1. The van der Waals surface area contributed by atoms with E-state index >= 15 is 4.39 Å². The average molecular weight is 763 g/mol. The number of likely N-dealkylation sites (tertiary alicyclic amines) is 1. The zero-order valence-corrected chi connectivity index (χ0v) is 33.5. The highest BCUT2D eigenvalue weighted by atomic mass is 19.1. The van der Waals surface area contributed by atoms with Crippen LogP contribution in [-0.4, -0.2) is 92.6 Å². The van der Waals surface area contributed by atoms with E-state index in [9.17, 15) is 4.79 Å². The molecule has 296 valence electrons. The number of aromatic nitrogens is 5. The topological polar surface area (TPSA) is 108 Å². The lowest BCUT2D eigenvalue weighted by Gasteiger charge is -2.42. The number of pyridine rings is 1. The number of hydrogen-bond donors (Lipinski definition) is 2. The van der Waals surface area contributed by atoms with Crippen LogP contribution in [-0.2, 0) is 11.8 Å². The van der Waals surface area contributed by atoms with Gasteiger partial charge in [-0.25, -0.2) is 13.9 Å². The van der Waals surface area contributed by atoms with Gasteiger partial charge >= 0.3 is 6.03 Å². The van der Waals surface area contributed by atoms with Crippen molar-refractivity contribution in [2.45, 2.75) is 95.9 Å². The summed E-state index contributed by atoms with van der Waals surface area (Å²) in [6.45, 7) is 12.2. The first kappa shape index (κ1) is 37.9. The summed E-state index contributed by atoms with van der Waals surface area (Å²) >= 11 is 0. The van der Waals surface area contributed by atoms with E-state index in [0.717, 1.165) is 79.6 Å². The van der Waals surface area contributed by atoms with Crippen molar-refractivity contribution < 1.29 is 13.9 Å². The Balaban J connectivity index is 0.972. The summed E-state index contributed by atoms with van der Waals surface area (Å²) in [5.74, 6) is 1.89. The van der Waals surface area contributed by atoms with Gasteiger partial charge in [0, 0.05) is 49.7 Å². The minimum Gasteiger partial charge on any atom is -0.484 e. The van der Waals surface area contributed by atoms with Gasteiger partial charge in [-0.3, -0.25) is 14.6 Å². The van der Waals surface area contributed by atoms with Crippen molar-refractivity contribution >= 4 is 23.4 Å². The molecule has 13 heteroatoms. The largest absolute Gasteiger partial charge is 0.484 e. The minimum absolute atomic E-state index is 0.183. The number of urea groups is 1. The summed E-state index contributed by atoms with van der Waals surface area (Å²) in [4.78, 5) is 20.7. The van der Waals surface area contributed by atoms with E-state index in [-0.39, 0.29) is 29.4 Å². The van der Waals surface area contributed by atoms with E-state index in [1.807, 2.05) is 47.0 Å². The normalized spacial score (nSPS) is 20.6. The molecule has 12 nitrogen and oxygen atoms in total. The van der Waals surface area contributed by atoms with Gasteiger partial charge < -0.3 is 19.9 Å². The van der Waals surface area contributed by atoms with Gasteiger partial charge in [-0.1, -0.05) is 45.0 Å². The first-order valence-electron chi connectivity index (χ1n) is 20.1. The van der Waals surface area contributed by atoms with Crippen LogP contribution in [0.3, 0.4) is 0 Å². The number of nitrogens with one attached hydrogen (secondary N) is 2. The molecule has 3 aromatic heterocycles. The fourth-order valence-electron chi connectivity index (χ4n) is 8.27. The molecule has 3 atom stereocenters. The Kier molecular flexibility index (Phi) is 10.5. The number of anilines is 2. The highest BCUT2D eigenvalue weighted by Crippen LogP contribution is 2.39. The molecule has 1 unspecified atom stereocenters. The van der Waals surface area contributed by atoms with Gasteiger partial charge in [-0.15, -0.1) is 10.2 Å². The molecule has 0 bridgehead atoms. The molecule has 1 aliphatic carbocycles. The predicted molar refractivity (Wildman–Crippen MR) is 217 cm³/mol. The second-order valence-corrected chi connectivity index (χ2v) is 17.1. The summed E-state index contributed by atoms with van der Waals surface area (Å²) in [6, 6.07) is 19.5. The van der Waals surface area contributed by atoms with Crippen molar-refractivity contribution in [1.29, 1.82) is 0 Å². The lowest BCUT2D eigenvalue weighted by Crippen LogP contribution is -2.57. The quantitative estimate of drug-likeness (QED) is 0.153. The summed E-state index contributed by atoms with van der Waals surface area (Å²) < 4.78 is 25.5. The number of benzene rings is 2. The van der Waals surface area contributed by atoms with Crippen molar-refractivity contribution in [3.05, 3.63) is 95.1 Å². The van der Waals surface area contributed by atoms with Crippen LogP contribution in [0.25, 0.3) is 11.3 Å². The molecule has 2 N–H and O–H groups in total. The number of ether oxygens (including phenoxy) is 1. The first-order chi connectivity index (χ1) is 26.9. The second-order valence-electron chi connectivity index (χ2n) is 17.1. The SMILES string of the molecule is CC1CCCCN1c1nnc2ccc(O[C@@H]3CC[C@H](NC(=O)Nc4cc(C(C)(C)C)nn4-c4ccc(F)c(CCN5CC(N(C)C)C5)c4)c4ccccc43)cn12. The molecular formula is C43H55FN10O2. The molecule has 0 saturated carbocycles. The van der Waals surface area contributed by atoms with Crippen LogP contribution in [0.1, 0.15) is 94.3 Å². The van der Waals surface area contributed by atoms with Crippen LogP contribution in [0.5, 0.6) is 5.75 Å². The fourth-order valence-corrected chi connectivity index (χ4v) is 8.27. The number of fused-ring (bicyclic) bond motifs is 2. The lowest BCUT2D eigenvalue weighted by atomic mass is 9.85. The van der Waals surface area contributed by atoms with E-state index in [1.54, 1.807) is 10.7 Å². The molecule has 5 heterocycles. The average Bonchev–Trinajstić information content (AvgIpc) is 3.77. The molecular weight excluding hydrogens is 708 g/mol. The molecule has 2 fully saturated rings. The Morgan fingerprint density at radius 2 is 1.79 bits per heavy atom.